The molecule has 0 aromatic carbocycles. The Kier molecular flexibility index (Phi) is 13.4. The molecule has 0 atom stereocenters. The third kappa shape index (κ3) is 9.02. The Balaban J connectivity index is 0. The van der Waals surface area contributed by atoms with Crippen LogP contribution in [0.1, 0.15) is 39.5 Å². The zero-order valence-electron chi connectivity index (χ0n) is 9.01. The van der Waals surface area contributed by atoms with Gasteiger partial charge in [-0.3, -0.25) is 0 Å². The van der Waals surface area contributed by atoms with E-state index in [1.54, 1.807) is 0 Å². The first-order valence-corrected chi connectivity index (χ1v) is 5.50. The summed E-state index contributed by atoms with van der Waals surface area (Å²) in [6.45, 7) is 6.45. The molecular formula is C9H18LiNS2. The Morgan fingerprint density at radius 2 is 1.54 bits per heavy atom. The van der Waals surface area contributed by atoms with Crippen molar-refractivity contribution in [1.82, 2.24) is 4.90 Å². The van der Waals surface area contributed by atoms with Gasteiger partial charge in [-0.1, -0.05) is 31.0 Å². The molecule has 0 aliphatic carbocycles. The summed E-state index contributed by atoms with van der Waals surface area (Å²) >= 11 is 9.97. The van der Waals surface area contributed by atoms with Crippen molar-refractivity contribution in [3.05, 3.63) is 0 Å². The van der Waals surface area contributed by atoms with Gasteiger partial charge in [-0.25, -0.2) is 0 Å². The smallest absolute Gasteiger partial charge is 0.411 e. The molecule has 0 spiro atoms. The predicted octanol–water partition coefficient (Wildman–Crippen LogP) is -0.276. The molecule has 0 fully saturated rings. The van der Waals surface area contributed by atoms with Crippen molar-refractivity contribution < 1.29 is 18.9 Å². The zero-order valence-corrected chi connectivity index (χ0v) is 10.6. The second kappa shape index (κ2) is 10.8. The van der Waals surface area contributed by atoms with Crippen LogP contribution in [0.2, 0.25) is 0 Å². The molecule has 72 valence electrons. The van der Waals surface area contributed by atoms with E-state index in [0.717, 1.165) is 13.1 Å². The average molecular weight is 211 g/mol. The first kappa shape index (κ1) is 16.1. The van der Waals surface area contributed by atoms with Crippen LogP contribution in [0.25, 0.3) is 0 Å². The molecule has 4 heteroatoms. The molecule has 0 aromatic rings. The molecule has 0 radical (unpaired) electrons. The molecule has 0 heterocycles. The van der Waals surface area contributed by atoms with Gasteiger partial charge >= 0.3 is 18.9 Å². The third-order valence-corrected chi connectivity index (χ3v) is 2.34. The van der Waals surface area contributed by atoms with Crippen LogP contribution in [0.5, 0.6) is 0 Å². The van der Waals surface area contributed by atoms with Crippen LogP contribution in [0, 0.1) is 0 Å². The van der Waals surface area contributed by atoms with Crippen LogP contribution in [0.3, 0.4) is 0 Å². The number of thiocarbonyl (C=S) groups is 1. The largest absolute Gasteiger partial charge is 1.00 e. The van der Waals surface area contributed by atoms with Gasteiger partial charge in [0.25, 0.3) is 0 Å². The second-order valence-electron chi connectivity index (χ2n) is 2.96. The topological polar surface area (TPSA) is 3.24 Å². The standard InChI is InChI=1S/C9H19NS2.Li/c1-3-5-7-10(9(11)12)8-6-4-2;/h3-8H2,1-2H3,(H,11,12);/q;+1/p-1. The molecule has 0 saturated carbocycles. The summed E-state index contributed by atoms with van der Waals surface area (Å²) in [5.41, 5.74) is 0. The molecule has 0 amide bonds. The van der Waals surface area contributed by atoms with Crippen molar-refractivity contribution in [3.63, 3.8) is 0 Å². The molecule has 13 heavy (non-hydrogen) atoms. The van der Waals surface area contributed by atoms with E-state index < -0.39 is 0 Å². The molecular weight excluding hydrogens is 193 g/mol. The maximum Gasteiger partial charge on any atom is 1.00 e. The number of hydrogen-bond donors (Lipinski definition) is 0. The molecule has 0 saturated heterocycles. The Morgan fingerprint density at radius 3 is 1.77 bits per heavy atom. The molecule has 0 bridgehead atoms. The zero-order chi connectivity index (χ0) is 9.40. The van der Waals surface area contributed by atoms with E-state index in [1.165, 1.54) is 25.7 Å². The normalized spacial score (nSPS) is 9.08. The van der Waals surface area contributed by atoms with Gasteiger partial charge in [0.15, 0.2) is 0 Å². The molecule has 0 unspecified atom stereocenters. The van der Waals surface area contributed by atoms with Crippen LogP contribution in [0.4, 0.5) is 0 Å². The summed E-state index contributed by atoms with van der Waals surface area (Å²) < 4.78 is 0.636. The number of nitrogens with zero attached hydrogens (tertiary/aromatic N) is 1. The van der Waals surface area contributed by atoms with Crippen LogP contribution in [-0.2, 0) is 12.6 Å². The van der Waals surface area contributed by atoms with Crippen LogP contribution in [0.15, 0.2) is 0 Å². The molecule has 0 aliphatic heterocycles. The van der Waals surface area contributed by atoms with Crippen molar-refractivity contribution in [2.45, 2.75) is 39.5 Å². The van der Waals surface area contributed by atoms with E-state index >= 15 is 0 Å². The van der Waals surface area contributed by atoms with Crippen LogP contribution >= 0.6 is 12.2 Å². The fourth-order valence-corrected chi connectivity index (χ4v) is 1.36. The third-order valence-electron chi connectivity index (χ3n) is 1.82. The van der Waals surface area contributed by atoms with Crippen molar-refractivity contribution in [1.29, 1.82) is 0 Å². The molecule has 0 aliphatic rings. The van der Waals surface area contributed by atoms with E-state index in [0.29, 0.717) is 4.32 Å². The Labute approximate surface area is 105 Å². The quantitative estimate of drug-likeness (QED) is 0.338. The van der Waals surface area contributed by atoms with E-state index in [9.17, 15) is 0 Å². The Morgan fingerprint density at radius 1 is 1.15 bits per heavy atom. The summed E-state index contributed by atoms with van der Waals surface area (Å²) in [4.78, 5) is 2.14. The molecule has 0 rings (SSSR count). The number of hydrogen-bond acceptors (Lipinski definition) is 2. The minimum Gasteiger partial charge on any atom is -0.411 e. The van der Waals surface area contributed by atoms with E-state index in [2.05, 4.69) is 18.7 Å². The molecule has 0 aromatic heterocycles. The summed E-state index contributed by atoms with van der Waals surface area (Å²) in [5, 5.41) is 0. The van der Waals surface area contributed by atoms with E-state index in [4.69, 9.17) is 24.8 Å². The second-order valence-corrected chi connectivity index (χ2v) is 3.99. The van der Waals surface area contributed by atoms with Gasteiger partial charge in [-0.15, -0.1) is 0 Å². The van der Waals surface area contributed by atoms with Crippen LogP contribution < -0.4 is 18.9 Å². The van der Waals surface area contributed by atoms with Gasteiger partial charge in [0.1, 0.15) is 0 Å². The van der Waals surface area contributed by atoms with Gasteiger partial charge in [0, 0.05) is 13.1 Å². The van der Waals surface area contributed by atoms with E-state index in [1.807, 2.05) is 0 Å². The van der Waals surface area contributed by atoms with Gasteiger partial charge in [0.05, 0.1) is 0 Å². The summed E-state index contributed by atoms with van der Waals surface area (Å²) in [7, 11) is 0. The first-order valence-electron chi connectivity index (χ1n) is 4.68. The van der Waals surface area contributed by atoms with Gasteiger partial charge < -0.3 is 29.7 Å². The fraction of sp³-hybridized carbons (Fsp3) is 0.889. The maximum absolute atomic E-state index is 4.98. The maximum atomic E-state index is 4.98. The summed E-state index contributed by atoms with van der Waals surface area (Å²) in [6.07, 6.45) is 4.81. The number of rotatable bonds is 6. The first-order chi connectivity index (χ1) is 5.72. The van der Waals surface area contributed by atoms with Crippen LogP contribution in [-0.4, -0.2) is 22.3 Å². The molecule has 1 nitrogen and oxygen atoms in total. The minimum absolute atomic E-state index is 0. The SMILES string of the molecule is CCCCN(CCCC)C(=S)[S-].[Li+]. The van der Waals surface area contributed by atoms with Crippen molar-refractivity contribution in [2.75, 3.05) is 13.1 Å². The van der Waals surface area contributed by atoms with Gasteiger partial charge in [-0.2, -0.15) is 0 Å². The van der Waals surface area contributed by atoms with Crippen molar-refractivity contribution in [2.24, 2.45) is 0 Å². The molecule has 0 N–H and O–H groups in total. The number of unbranched alkanes of at least 4 members (excludes halogenated alkanes) is 2. The average Bonchev–Trinajstić information content (AvgIpc) is 2.04. The monoisotopic (exact) mass is 211 g/mol. The van der Waals surface area contributed by atoms with Gasteiger partial charge in [-0.05, 0) is 12.8 Å². The van der Waals surface area contributed by atoms with Crippen molar-refractivity contribution in [3.8, 4) is 0 Å². The Hall–Kier alpha value is 0.707. The minimum atomic E-state index is 0. The van der Waals surface area contributed by atoms with Gasteiger partial charge in [0.2, 0.25) is 0 Å². The fourth-order valence-electron chi connectivity index (χ4n) is 0.992. The predicted molar refractivity (Wildman–Crippen MR) is 61.4 cm³/mol. The summed E-state index contributed by atoms with van der Waals surface area (Å²) in [5.74, 6) is 0. The van der Waals surface area contributed by atoms with E-state index in [-0.39, 0.29) is 18.9 Å². The van der Waals surface area contributed by atoms with Crippen molar-refractivity contribution >= 4 is 29.2 Å². The Bertz CT molecular complexity index is 123. The summed E-state index contributed by atoms with van der Waals surface area (Å²) in [6, 6.07) is 0.